The summed E-state index contributed by atoms with van der Waals surface area (Å²) in [6.45, 7) is 5.48. The Kier molecular flexibility index (Phi) is 5.58. The van der Waals surface area contributed by atoms with E-state index in [2.05, 4.69) is 29.4 Å². The van der Waals surface area contributed by atoms with E-state index in [1.807, 2.05) is 31.3 Å². The lowest BCUT2D eigenvalue weighted by atomic mass is 10.1. The van der Waals surface area contributed by atoms with Crippen molar-refractivity contribution >= 4 is 0 Å². The summed E-state index contributed by atoms with van der Waals surface area (Å²) in [7, 11) is 1.66. The Balaban J connectivity index is 2.00. The summed E-state index contributed by atoms with van der Waals surface area (Å²) in [5.41, 5.74) is 2.33. The monoisotopic (exact) mass is 286 g/mol. The number of hydrogen-bond donors (Lipinski definition) is 1. The summed E-state index contributed by atoms with van der Waals surface area (Å²) in [4.78, 5) is 4.14. The number of aromatic nitrogens is 1. The Bertz CT molecular complexity index is 558. The molecule has 0 aliphatic carbocycles. The molecule has 0 radical (unpaired) electrons. The van der Waals surface area contributed by atoms with E-state index >= 15 is 0 Å². The van der Waals surface area contributed by atoms with Crippen molar-refractivity contribution in [2.24, 2.45) is 0 Å². The van der Waals surface area contributed by atoms with Crippen LogP contribution >= 0.6 is 0 Å². The van der Waals surface area contributed by atoms with Crippen LogP contribution in [0.1, 0.15) is 31.0 Å². The molecule has 2 rings (SSSR count). The summed E-state index contributed by atoms with van der Waals surface area (Å²) in [5.74, 6) is 1.55. The number of rotatable bonds is 7. The average Bonchev–Trinajstić information content (AvgIpc) is 2.54. The third-order valence-corrected chi connectivity index (χ3v) is 3.32. The second-order valence-corrected chi connectivity index (χ2v) is 4.81. The molecule has 1 unspecified atom stereocenters. The molecule has 4 heteroatoms. The smallest absolute Gasteiger partial charge is 0.161 e. The fourth-order valence-electron chi connectivity index (χ4n) is 2.12. The number of nitrogens with one attached hydrogen (secondary N) is 1. The fraction of sp³-hybridized carbons (Fsp3) is 0.353. The zero-order valence-corrected chi connectivity index (χ0v) is 12.8. The highest BCUT2D eigenvalue weighted by Crippen LogP contribution is 2.28. The highest BCUT2D eigenvalue weighted by molar-refractivity contribution is 5.43. The van der Waals surface area contributed by atoms with Crippen LogP contribution in [0.25, 0.3) is 0 Å². The van der Waals surface area contributed by atoms with Crippen LogP contribution < -0.4 is 14.8 Å². The molecule has 0 spiro atoms. The molecule has 0 amide bonds. The molecule has 4 nitrogen and oxygen atoms in total. The molecule has 0 saturated heterocycles. The molecule has 21 heavy (non-hydrogen) atoms. The first-order valence-electron chi connectivity index (χ1n) is 7.17. The van der Waals surface area contributed by atoms with Gasteiger partial charge in [0.1, 0.15) is 0 Å². The number of pyridine rings is 1. The van der Waals surface area contributed by atoms with Crippen LogP contribution in [0.15, 0.2) is 42.7 Å². The molecule has 1 atom stereocenters. The summed E-state index contributed by atoms with van der Waals surface area (Å²) >= 11 is 0. The first kappa shape index (κ1) is 15.3. The zero-order valence-electron chi connectivity index (χ0n) is 12.8. The van der Waals surface area contributed by atoms with Crippen molar-refractivity contribution in [2.75, 3.05) is 13.7 Å². The summed E-state index contributed by atoms with van der Waals surface area (Å²) in [6, 6.07) is 10.3. The van der Waals surface area contributed by atoms with Crippen LogP contribution in [-0.4, -0.2) is 18.7 Å². The maximum Gasteiger partial charge on any atom is 0.161 e. The minimum atomic E-state index is 0.247. The SMILES string of the molecule is CCOc1ccc(CNC(C)c2cccnc2)cc1OC. The standard InChI is InChI=1S/C17H22N2O2/c1-4-21-16-8-7-14(10-17(16)20-3)11-19-13(2)15-6-5-9-18-12-15/h5-10,12-13,19H,4,11H2,1-3H3. The number of nitrogens with zero attached hydrogens (tertiary/aromatic N) is 1. The van der Waals surface area contributed by atoms with Gasteiger partial charge in [-0.15, -0.1) is 0 Å². The predicted octanol–water partition coefficient (Wildman–Crippen LogP) is 3.34. The molecule has 112 valence electrons. The fourth-order valence-corrected chi connectivity index (χ4v) is 2.12. The first-order valence-corrected chi connectivity index (χ1v) is 7.17. The van der Waals surface area contributed by atoms with Gasteiger partial charge in [-0.05, 0) is 43.2 Å². The Morgan fingerprint density at radius 3 is 2.76 bits per heavy atom. The van der Waals surface area contributed by atoms with Crippen molar-refractivity contribution in [1.29, 1.82) is 0 Å². The van der Waals surface area contributed by atoms with Gasteiger partial charge in [0.15, 0.2) is 11.5 Å². The van der Waals surface area contributed by atoms with Crippen LogP contribution in [-0.2, 0) is 6.54 Å². The van der Waals surface area contributed by atoms with Gasteiger partial charge >= 0.3 is 0 Å². The van der Waals surface area contributed by atoms with Gasteiger partial charge < -0.3 is 14.8 Å². The lowest BCUT2D eigenvalue weighted by Gasteiger charge is -2.15. The normalized spacial score (nSPS) is 12.0. The van der Waals surface area contributed by atoms with Crippen LogP contribution in [0.4, 0.5) is 0 Å². The third-order valence-electron chi connectivity index (χ3n) is 3.32. The topological polar surface area (TPSA) is 43.4 Å². The molecular formula is C17H22N2O2. The van der Waals surface area contributed by atoms with Gasteiger partial charge in [-0.3, -0.25) is 4.98 Å². The molecule has 0 fully saturated rings. The lowest BCUT2D eigenvalue weighted by Crippen LogP contribution is -2.18. The molecule has 1 aromatic carbocycles. The summed E-state index contributed by atoms with van der Waals surface area (Å²) in [6.07, 6.45) is 3.67. The van der Waals surface area contributed by atoms with Gasteiger partial charge in [0.05, 0.1) is 13.7 Å². The first-order chi connectivity index (χ1) is 10.2. The maximum atomic E-state index is 5.52. The summed E-state index contributed by atoms with van der Waals surface area (Å²) < 4.78 is 10.9. The Morgan fingerprint density at radius 2 is 2.10 bits per heavy atom. The van der Waals surface area contributed by atoms with E-state index in [1.54, 1.807) is 13.3 Å². The van der Waals surface area contributed by atoms with E-state index in [4.69, 9.17) is 9.47 Å². The van der Waals surface area contributed by atoms with E-state index in [1.165, 1.54) is 5.56 Å². The van der Waals surface area contributed by atoms with E-state index in [0.717, 1.165) is 23.6 Å². The van der Waals surface area contributed by atoms with Crippen molar-refractivity contribution < 1.29 is 9.47 Å². The van der Waals surface area contributed by atoms with Gasteiger partial charge in [-0.1, -0.05) is 12.1 Å². The van der Waals surface area contributed by atoms with E-state index in [0.29, 0.717) is 6.61 Å². The Hall–Kier alpha value is -2.07. The number of benzene rings is 1. The quantitative estimate of drug-likeness (QED) is 0.847. The zero-order chi connectivity index (χ0) is 15.1. The minimum absolute atomic E-state index is 0.247. The highest BCUT2D eigenvalue weighted by Gasteiger charge is 2.08. The van der Waals surface area contributed by atoms with Gasteiger partial charge in [-0.2, -0.15) is 0 Å². The van der Waals surface area contributed by atoms with Crippen LogP contribution in [0.3, 0.4) is 0 Å². The van der Waals surface area contributed by atoms with Gasteiger partial charge in [0.25, 0.3) is 0 Å². The van der Waals surface area contributed by atoms with Crippen molar-refractivity contribution in [3.05, 3.63) is 53.9 Å². The summed E-state index contributed by atoms with van der Waals surface area (Å²) in [5, 5.41) is 3.48. The van der Waals surface area contributed by atoms with Crippen molar-refractivity contribution in [3.8, 4) is 11.5 Å². The molecular weight excluding hydrogens is 264 g/mol. The Labute approximate surface area is 126 Å². The second kappa shape index (κ2) is 7.64. The van der Waals surface area contributed by atoms with E-state index in [-0.39, 0.29) is 6.04 Å². The molecule has 1 heterocycles. The lowest BCUT2D eigenvalue weighted by molar-refractivity contribution is 0.310. The maximum absolute atomic E-state index is 5.52. The molecule has 0 saturated carbocycles. The van der Waals surface area contributed by atoms with Crippen LogP contribution in [0.5, 0.6) is 11.5 Å². The van der Waals surface area contributed by atoms with Gasteiger partial charge in [0.2, 0.25) is 0 Å². The van der Waals surface area contributed by atoms with Gasteiger partial charge in [0, 0.05) is 25.0 Å². The number of hydrogen-bond acceptors (Lipinski definition) is 4. The molecule has 1 N–H and O–H groups in total. The third kappa shape index (κ3) is 4.20. The average molecular weight is 286 g/mol. The van der Waals surface area contributed by atoms with Crippen LogP contribution in [0, 0.1) is 0 Å². The Morgan fingerprint density at radius 1 is 1.24 bits per heavy atom. The van der Waals surface area contributed by atoms with Crippen molar-refractivity contribution in [2.45, 2.75) is 26.4 Å². The largest absolute Gasteiger partial charge is 0.493 e. The van der Waals surface area contributed by atoms with Crippen LogP contribution in [0.2, 0.25) is 0 Å². The van der Waals surface area contributed by atoms with Gasteiger partial charge in [-0.25, -0.2) is 0 Å². The molecule has 1 aromatic heterocycles. The second-order valence-electron chi connectivity index (χ2n) is 4.81. The van der Waals surface area contributed by atoms with E-state index in [9.17, 15) is 0 Å². The highest BCUT2D eigenvalue weighted by atomic mass is 16.5. The van der Waals surface area contributed by atoms with Crippen molar-refractivity contribution in [3.63, 3.8) is 0 Å². The molecule has 0 aliphatic heterocycles. The number of methoxy groups -OCH3 is 1. The molecule has 0 bridgehead atoms. The molecule has 0 aliphatic rings. The number of ether oxygens (including phenoxy) is 2. The van der Waals surface area contributed by atoms with E-state index < -0.39 is 0 Å². The predicted molar refractivity (Wildman–Crippen MR) is 83.7 cm³/mol. The molecule has 2 aromatic rings. The minimum Gasteiger partial charge on any atom is -0.493 e. The van der Waals surface area contributed by atoms with Crippen molar-refractivity contribution in [1.82, 2.24) is 10.3 Å².